The molecule has 194 valence electrons. The summed E-state index contributed by atoms with van der Waals surface area (Å²) in [4.78, 5) is 15.1. The summed E-state index contributed by atoms with van der Waals surface area (Å²) >= 11 is 0. The normalized spacial score (nSPS) is 18.2. The van der Waals surface area contributed by atoms with E-state index in [0.29, 0.717) is 34.4 Å². The molecule has 0 spiro atoms. The van der Waals surface area contributed by atoms with Crippen LogP contribution in [-0.4, -0.2) is 57.3 Å². The lowest BCUT2D eigenvalue weighted by molar-refractivity contribution is -0.127. The standard InChI is InChI=1S/C30H36N4O3/c1-20(2)23-8-10-24(11-9-23)30(36,28(4)18-34(6)19-28)25-14-22(16-31-17-25)12-13-29(5,35)26-15-27(37-7)33-21(3)32-26/h8-11,14-17,20,35-36H,18-19H2,1-7H3. The highest BCUT2D eigenvalue weighted by Gasteiger charge is 2.55. The molecule has 37 heavy (non-hydrogen) atoms. The van der Waals surface area contributed by atoms with Crippen molar-refractivity contribution in [1.82, 2.24) is 19.9 Å². The molecule has 7 nitrogen and oxygen atoms in total. The van der Waals surface area contributed by atoms with Crippen LogP contribution in [0, 0.1) is 24.2 Å². The summed E-state index contributed by atoms with van der Waals surface area (Å²) in [5.74, 6) is 7.19. The Kier molecular flexibility index (Phi) is 7.13. The first-order chi connectivity index (χ1) is 17.4. The van der Waals surface area contributed by atoms with Crippen molar-refractivity contribution < 1.29 is 14.9 Å². The zero-order valence-electron chi connectivity index (χ0n) is 22.7. The van der Waals surface area contributed by atoms with E-state index in [9.17, 15) is 10.2 Å². The third-order valence-electron chi connectivity index (χ3n) is 7.23. The van der Waals surface area contributed by atoms with Crippen molar-refractivity contribution in [2.24, 2.45) is 5.41 Å². The van der Waals surface area contributed by atoms with Gasteiger partial charge >= 0.3 is 0 Å². The minimum Gasteiger partial charge on any atom is -0.481 e. The van der Waals surface area contributed by atoms with E-state index in [1.165, 1.54) is 12.7 Å². The van der Waals surface area contributed by atoms with E-state index in [2.05, 4.69) is 71.6 Å². The fraction of sp³-hybridized carbons (Fsp3) is 0.433. The second-order valence-electron chi connectivity index (χ2n) is 10.8. The first-order valence-corrected chi connectivity index (χ1v) is 12.5. The highest BCUT2D eigenvalue weighted by atomic mass is 16.5. The zero-order chi connectivity index (χ0) is 27.0. The number of likely N-dealkylation sites (tertiary alicyclic amines) is 1. The second kappa shape index (κ2) is 9.86. The van der Waals surface area contributed by atoms with Crippen molar-refractivity contribution in [3.63, 3.8) is 0 Å². The first-order valence-electron chi connectivity index (χ1n) is 12.5. The Morgan fingerprint density at radius 1 is 1.05 bits per heavy atom. The molecule has 0 bridgehead atoms. The van der Waals surface area contributed by atoms with Gasteiger partial charge in [0.2, 0.25) is 5.88 Å². The Bertz CT molecular complexity index is 1330. The molecular formula is C30H36N4O3. The quantitative estimate of drug-likeness (QED) is 0.498. The van der Waals surface area contributed by atoms with Crippen molar-refractivity contribution in [3.05, 3.63) is 82.6 Å². The van der Waals surface area contributed by atoms with E-state index in [-0.39, 0.29) is 0 Å². The molecular weight excluding hydrogens is 464 g/mol. The Morgan fingerprint density at radius 2 is 1.73 bits per heavy atom. The Labute approximate surface area is 219 Å². The van der Waals surface area contributed by atoms with Crippen molar-refractivity contribution in [2.45, 2.75) is 51.7 Å². The number of hydrogen-bond donors (Lipinski definition) is 2. The lowest BCUT2D eigenvalue weighted by Crippen LogP contribution is -2.63. The third kappa shape index (κ3) is 5.10. The summed E-state index contributed by atoms with van der Waals surface area (Å²) in [5, 5.41) is 23.5. The molecule has 1 aliphatic heterocycles. The molecule has 1 aliphatic rings. The molecule has 1 fully saturated rings. The molecule has 0 saturated carbocycles. The summed E-state index contributed by atoms with van der Waals surface area (Å²) in [7, 11) is 3.57. The monoisotopic (exact) mass is 500 g/mol. The third-order valence-corrected chi connectivity index (χ3v) is 7.23. The van der Waals surface area contributed by atoms with Crippen LogP contribution in [0.2, 0.25) is 0 Å². The first kappa shape index (κ1) is 26.7. The highest BCUT2D eigenvalue weighted by molar-refractivity contribution is 5.45. The maximum atomic E-state index is 12.4. The van der Waals surface area contributed by atoms with Crippen molar-refractivity contribution in [1.29, 1.82) is 0 Å². The van der Waals surface area contributed by atoms with Gasteiger partial charge in [-0.1, -0.05) is 56.9 Å². The predicted molar refractivity (Wildman–Crippen MR) is 143 cm³/mol. The van der Waals surface area contributed by atoms with E-state index in [4.69, 9.17) is 4.74 Å². The molecule has 3 heterocycles. The topological polar surface area (TPSA) is 91.6 Å². The van der Waals surface area contributed by atoms with Crippen LogP contribution in [0.5, 0.6) is 5.88 Å². The maximum absolute atomic E-state index is 12.4. The van der Waals surface area contributed by atoms with Crippen LogP contribution >= 0.6 is 0 Å². The minimum absolute atomic E-state index is 0.347. The number of methoxy groups -OCH3 is 1. The van der Waals surface area contributed by atoms with E-state index in [0.717, 1.165) is 18.7 Å². The number of aryl methyl sites for hydroxylation is 1. The smallest absolute Gasteiger partial charge is 0.216 e. The van der Waals surface area contributed by atoms with E-state index >= 15 is 0 Å². The molecule has 2 unspecified atom stereocenters. The van der Waals surface area contributed by atoms with Gasteiger partial charge in [0.05, 0.1) is 12.8 Å². The number of nitrogens with zero attached hydrogens (tertiary/aromatic N) is 4. The maximum Gasteiger partial charge on any atom is 0.216 e. The van der Waals surface area contributed by atoms with Crippen LogP contribution in [0.1, 0.15) is 67.4 Å². The number of benzene rings is 1. The van der Waals surface area contributed by atoms with Gasteiger partial charge in [-0.3, -0.25) is 4.98 Å². The van der Waals surface area contributed by atoms with Gasteiger partial charge in [0.25, 0.3) is 0 Å². The number of aromatic nitrogens is 3. The van der Waals surface area contributed by atoms with Crippen molar-refractivity contribution in [2.75, 3.05) is 27.2 Å². The zero-order valence-corrected chi connectivity index (χ0v) is 22.7. The van der Waals surface area contributed by atoms with E-state index < -0.39 is 16.6 Å². The SMILES string of the molecule is COc1cc(C(C)(O)C#Cc2cncc(C(O)(c3ccc(C(C)C)cc3)C3(C)CN(C)C3)c2)nc(C)n1. The Balaban J connectivity index is 1.74. The lowest BCUT2D eigenvalue weighted by Gasteiger charge is -2.55. The molecule has 1 aromatic carbocycles. The molecule has 1 saturated heterocycles. The molecule has 0 aliphatic carbocycles. The number of hydrogen-bond acceptors (Lipinski definition) is 7. The summed E-state index contributed by atoms with van der Waals surface area (Å²) in [5.41, 5.74) is 0.446. The van der Waals surface area contributed by atoms with Crippen molar-refractivity contribution >= 4 is 0 Å². The molecule has 2 atom stereocenters. The van der Waals surface area contributed by atoms with Gasteiger partial charge in [0, 0.05) is 48.1 Å². The van der Waals surface area contributed by atoms with Crippen LogP contribution < -0.4 is 4.74 Å². The summed E-state index contributed by atoms with van der Waals surface area (Å²) in [6.07, 6.45) is 3.35. The van der Waals surface area contributed by atoms with Crippen LogP contribution in [0.3, 0.4) is 0 Å². The van der Waals surface area contributed by atoms with Crippen LogP contribution in [0.15, 0.2) is 48.8 Å². The van der Waals surface area contributed by atoms with E-state index in [1.807, 2.05) is 18.2 Å². The Morgan fingerprint density at radius 3 is 2.32 bits per heavy atom. The van der Waals surface area contributed by atoms with Gasteiger partial charge in [0.1, 0.15) is 11.4 Å². The summed E-state index contributed by atoms with van der Waals surface area (Å²) in [6, 6.07) is 11.7. The molecule has 4 rings (SSSR count). The summed E-state index contributed by atoms with van der Waals surface area (Å²) in [6.45, 7) is 11.2. The Hall–Kier alpha value is -3.31. The second-order valence-corrected chi connectivity index (χ2v) is 10.8. The summed E-state index contributed by atoms with van der Waals surface area (Å²) < 4.78 is 5.21. The molecule has 2 N–H and O–H groups in total. The lowest BCUT2D eigenvalue weighted by atomic mass is 9.62. The highest BCUT2D eigenvalue weighted by Crippen LogP contribution is 2.50. The molecule has 0 amide bonds. The molecule has 0 radical (unpaired) electrons. The average Bonchev–Trinajstić information content (AvgIpc) is 2.86. The average molecular weight is 501 g/mol. The van der Waals surface area contributed by atoms with Gasteiger partial charge < -0.3 is 19.8 Å². The van der Waals surface area contributed by atoms with Gasteiger partial charge in [-0.15, -0.1) is 0 Å². The molecule has 2 aromatic heterocycles. The van der Waals surface area contributed by atoms with Gasteiger partial charge in [-0.2, -0.15) is 4.98 Å². The number of ether oxygens (including phenoxy) is 1. The fourth-order valence-electron chi connectivity index (χ4n) is 5.21. The minimum atomic E-state index is -1.54. The number of pyridine rings is 1. The number of aliphatic hydroxyl groups is 2. The molecule has 7 heteroatoms. The molecule has 3 aromatic rings. The fourth-order valence-corrected chi connectivity index (χ4v) is 5.21. The van der Waals surface area contributed by atoms with E-state index in [1.54, 1.807) is 32.3 Å². The van der Waals surface area contributed by atoms with Crippen LogP contribution in [-0.2, 0) is 11.2 Å². The van der Waals surface area contributed by atoms with Crippen LogP contribution in [0.4, 0.5) is 0 Å². The van der Waals surface area contributed by atoms with Gasteiger partial charge in [-0.05, 0) is 44.0 Å². The van der Waals surface area contributed by atoms with Crippen molar-refractivity contribution in [3.8, 4) is 17.7 Å². The van der Waals surface area contributed by atoms with Crippen LogP contribution in [0.25, 0.3) is 0 Å². The largest absolute Gasteiger partial charge is 0.481 e. The number of rotatable bonds is 6. The van der Waals surface area contributed by atoms with Gasteiger partial charge in [0.15, 0.2) is 5.60 Å². The van der Waals surface area contributed by atoms with Gasteiger partial charge in [-0.25, -0.2) is 4.98 Å². The predicted octanol–water partition coefficient (Wildman–Crippen LogP) is 3.76.